The summed E-state index contributed by atoms with van der Waals surface area (Å²) in [7, 11) is 0. The summed E-state index contributed by atoms with van der Waals surface area (Å²) >= 11 is 3.43. The fourth-order valence-corrected chi connectivity index (χ4v) is 2.95. The van der Waals surface area contributed by atoms with Gasteiger partial charge in [0.15, 0.2) is 5.78 Å². The molecule has 1 aliphatic heterocycles. The zero-order valence-electron chi connectivity index (χ0n) is 11.7. The summed E-state index contributed by atoms with van der Waals surface area (Å²) < 4.78 is 7.05. The van der Waals surface area contributed by atoms with E-state index in [0.717, 1.165) is 23.1 Å². The first-order valence-electron chi connectivity index (χ1n) is 7.06. The molecule has 0 aliphatic carbocycles. The molecule has 0 saturated heterocycles. The number of ether oxygens (including phenoxy) is 1. The van der Waals surface area contributed by atoms with Gasteiger partial charge in [0.05, 0.1) is 12.0 Å². The van der Waals surface area contributed by atoms with Crippen molar-refractivity contribution in [2.45, 2.75) is 58.0 Å². The molecule has 0 fully saturated rings. The van der Waals surface area contributed by atoms with E-state index in [9.17, 15) is 4.79 Å². The largest absolute Gasteiger partial charge is 0.486 e. The standard InChI is InChI=1S/C16H21BrO2/c1-3-4-5-6-9-16(2)11-14(18)13-8-7-12(17)10-15(13)19-16/h7-8,10H,3-6,9,11H2,1-2H3. The minimum Gasteiger partial charge on any atom is -0.486 e. The first-order chi connectivity index (χ1) is 9.04. The third-order valence-corrected chi connectivity index (χ3v) is 4.19. The van der Waals surface area contributed by atoms with Crippen LogP contribution in [0.25, 0.3) is 0 Å². The maximum atomic E-state index is 12.2. The molecule has 0 saturated carbocycles. The van der Waals surface area contributed by atoms with Crippen molar-refractivity contribution in [3.05, 3.63) is 28.2 Å². The smallest absolute Gasteiger partial charge is 0.170 e. The first-order valence-corrected chi connectivity index (χ1v) is 7.85. The first kappa shape index (κ1) is 14.6. The second-order valence-corrected chi connectivity index (χ2v) is 6.52. The molecule has 3 heteroatoms. The summed E-state index contributed by atoms with van der Waals surface area (Å²) in [6, 6.07) is 5.64. The third-order valence-electron chi connectivity index (χ3n) is 3.69. The van der Waals surface area contributed by atoms with Crippen LogP contribution in [0.3, 0.4) is 0 Å². The molecule has 0 bridgehead atoms. The number of hydrogen-bond acceptors (Lipinski definition) is 2. The molecule has 19 heavy (non-hydrogen) atoms. The Kier molecular flexibility index (Phi) is 4.67. The summed E-state index contributed by atoms with van der Waals surface area (Å²) in [6.45, 7) is 4.26. The summed E-state index contributed by atoms with van der Waals surface area (Å²) in [5.74, 6) is 0.926. The van der Waals surface area contributed by atoms with Gasteiger partial charge in [0.25, 0.3) is 0 Å². The molecule has 2 rings (SSSR count). The normalized spacial score (nSPS) is 21.9. The topological polar surface area (TPSA) is 26.3 Å². The SMILES string of the molecule is CCCCCCC1(C)CC(=O)c2ccc(Br)cc2O1. The van der Waals surface area contributed by atoms with Crippen molar-refractivity contribution >= 4 is 21.7 Å². The minimum absolute atomic E-state index is 0.201. The van der Waals surface area contributed by atoms with E-state index in [1.165, 1.54) is 19.3 Å². The Labute approximate surface area is 123 Å². The summed E-state index contributed by atoms with van der Waals surface area (Å²) in [5.41, 5.74) is 0.382. The van der Waals surface area contributed by atoms with E-state index in [0.29, 0.717) is 12.0 Å². The summed E-state index contributed by atoms with van der Waals surface area (Å²) in [4.78, 5) is 12.2. The van der Waals surface area contributed by atoms with Gasteiger partial charge in [-0.05, 0) is 38.0 Å². The predicted molar refractivity (Wildman–Crippen MR) is 80.9 cm³/mol. The van der Waals surface area contributed by atoms with Gasteiger partial charge in [-0.3, -0.25) is 4.79 Å². The zero-order chi connectivity index (χ0) is 13.9. The van der Waals surface area contributed by atoms with Crippen LogP contribution in [-0.2, 0) is 0 Å². The predicted octanol–water partition coefficient (Wildman–Crippen LogP) is 5.14. The molecule has 104 valence electrons. The number of halogens is 1. The third kappa shape index (κ3) is 3.59. The van der Waals surface area contributed by atoms with Crippen molar-refractivity contribution in [2.24, 2.45) is 0 Å². The highest BCUT2D eigenvalue weighted by Crippen LogP contribution is 2.37. The Morgan fingerprint density at radius 1 is 1.32 bits per heavy atom. The van der Waals surface area contributed by atoms with Crippen LogP contribution in [0.2, 0.25) is 0 Å². The van der Waals surface area contributed by atoms with Crippen LogP contribution in [0.5, 0.6) is 5.75 Å². The summed E-state index contributed by atoms with van der Waals surface area (Å²) in [5, 5.41) is 0. The Morgan fingerprint density at radius 3 is 2.84 bits per heavy atom. The maximum Gasteiger partial charge on any atom is 0.170 e. The minimum atomic E-state index is -0.335. The lowest BCUT2D eigenvalue weighted by molar-refractivity contribution is 0.0452. The van der Waals surface area contributed by atoms with Crippen LogP contribution in [0.1, 0.15) is 62.7 Å². The second kappa shape index (κ2) is 6.08. The molecule has 1 heterocycles. The fourth-order valence-electron chi connectivity index (χ4n) is 2.61. The fraction of sp³-hybridized carbons (Fsp3) is 0.562. The molecule has 0 spiro atoms. The van der Waals surface area contributed by atoms with Crippen molar-refractivity contribution in [2.75, 3.05) is 0 Å². The van der Waals surface area contributed by atoms with Gasteiger partial charge in [0, 0.05) is 4.47 Å². The molecule has 0 aromatic heterocycles. The second-order valence-electron chi connectivity index (χ2n) is 5.60. The van der Waals surface area contributed by atoms with Crippen LogP contribution < -0.4 is 4.74 Å². The molecular formula is C16H21BrO2. The highest BCUT2D eigenvalue weighted by atomic mass is 79.9. The van der Waals surface area contributed by atoms with Gasteiger partial charge in [-0.15, -0.1) is 0 Å². The Bertz CT molecular complexity index is 470. The van der Waals surface area contributed by atoms with Gasteiger partial charge in [0.1, 0.15) is 11.4 Å². The van der Waals surface area contributed by atoms with E-state index in [4.69, 9.17) is 4.74 Å². The number of carbonyl (C=O) groups is 1. The van der Waals surface area contributed by atoms with Gasteiger partial charge >= 0.3 is 0 Å². The summed E-state index contributed by atoms with van der Waals surface area (Å²) in [6.07, 6.45) is 6.27. The van der Waals surface area contributed by atoms with Gasteiger partial charge < -0.3 is 4.74 Å². The van der Waals surface area contributed by atoms with Crippen molar-refractivity contribution < 1.29 is 9.53 Å². The van der Waals surface area contributed by atoms with Crippen LogP contribution in [0, 0.1) is 0 Å². The molecular weight excluding hydrogens is 304 g/mol. The van der Waals surface area contributed by atoms with E-state index >= 15 is 0 Å². The monoisotopic (exact) mass is 324 g/mol. The van der Waals surface area contributed by atoms with Crippen LogP contribution in [0.15, 0.2) is 22.7 Å². The number of unbranched alkanes of at least 4 members (excludes halogenated alkanes) is 3. The number of rotatable bonds is 5. The van der Waals surface area contributed by atoms with Gasteiger partial charge in [-0.1, -0.05) is 42.1 Å². The van der Waals surface area contributed by atoms with E-state index in [-0.39, 0.29) is 11.4 Å². The molecule has 2 nitrogen and oxygen atoms in total. The van der Waals surface area contributed by atoms with E-state index in [1.807, 2.05) is 18.2 Å². The van der Waals surface area contributed by atoms with Crippen molar-refractivity contribution in [1.82, 2.24) is 0 Å². The lowest BCUT2D eigenvalue weighted by Crippen LogP contribution is -2.39. The molecule has 0 radical (unpaired) electrons. The highest BCUT2D eigenvalue weighted by Gasteiger charge is 2.35. The number of ketones is 1. The van der Waals surface area contributed by atoms with Gasteiger partial charge in [0.2, 0.25) is 0 Å². The number of fused-ring (bicyclic) bond motifs is 1. The zero-order valence-corrected chi connectivity index (χ0v) is 13.3. The number of benzene rings is 1. The lowest BCUT2D eigenvalue weighted by atomic mass is 9.87. The van der Waals surface area contributed by atoms with Crippen molar-refractivity contribution in [1.29, 1.82) is 0 Å². The number of hydrogen-bond donors (Lipinski definition) is 0. The van der Waals surface area contributed by atoms with E-state index in [1.54, 1.807) is 0 Å². The molecule has 1 aromatic rings. The maximum absolute atomic E-state index is 12.2. The quantitative estimate of drug-likeness (QED) is 0.700. The Hall–Kier alpha value is -0.830. The highest BCUT2D eigenvalue weighted by molar-refractivity contribution is 9.10. The van der Waals surface area contributed by atoms with Crippen molar-refractivity contribution in [3.8, 4) is 5.75 Å². The number of carbonyl (C=O) groups excluding carboxylic acids is 1. The van der Waals surface area contributed by atoms with E-state index in [2.05, 4.69) is 29.8 Å². The molecule has 0 amide bonds. The number of Topliss-reactive ketones (excluding diaryl/α,β-unsaturated/α-hetero) is 1. The van der Waals surface area contributed by atoms with Gasteiger partial charge in [-0.2, -0.15) is 0 Å². The lowest BCUT2D eigenvalue weighted by Gasteiger charge is -2.35. The average molecular weight is 325 g/mol. The molecule has 0 N–H and O–H groups in total. The van der Waals surface area contributed by atoms with Crippen LogP contribution in [0.4, 0.5) is 0 Å². The molecule has 1 aliphatic rings. The van der Waals surface area contributed by atoms with Gasteiger partial charge in [-0.25, -0.2) is 0 Å². The molecule has 1 unspecified atom stereocenters. The average Bonchev–Trinajstić information content (AvgIpc) is 2.34. The Morgan fingerprint density at radius 2 is 2.11 bits per heavy atom. The molecule has 1 atom stereocenters. The van der Waals surface area contributed by atoms with E-state index < -0.39 is 0 Å². The van der Waals surface area contributed by atoms with Crippen LogP contribution in [-0.4, -0.2) is 11.4 Å². The molecule has 1 aromatic carbocycles. The van der Waals surface area contributed by atoms with Crippen LogP contribution >= 0.6 is 15.9 Å². The van der Waals surface area contributed by atoms with Crippen molar-refractivity contribution in [3.63, 3.8) is 0 Å². The Balaban J connectivity index is 2.08.